The number of carbonyl (C=O) groups excluding carboxylic acids is 1. The second kappa shape index (κ2) is 10.2. The fourth-order valence-corrected chi connectivity index (χ4v) is 5.30. The molecule has 0 aliphatic rings. The van der Waals surface area contributed by atoms with Crippen LogP contribution in [0.15, 0.2) is 102 Å². The number of hydrogen-bond acceptors (Lipinski definition) is 3. The van der Waals surface area contributed by atoms with Gasteiger partial charge in [0.1, 0.15) is 0 Å². The first-order chi connectivity index (χ1) is 16.8. The van der Waals surface area contributed by atoms with Crippen LogP contribution in [0.25, 0.3) is 0 Å². The summed E-state index contributed by atoms with van der Waals surface area (Å²) in [6.45, 7) is 5.87. The van der Waals surface area contributed by atoms with Gasteiger partial charge in [-0.05, 0) is 67.8 Å². The first-order valence-electron chi connectivity index (χ1n) is 11.4. The zero-order chi connectivity index (χ0) is 25.0. The van der Waals surface area contributed by atoms with Gasteiger partial charge in [0.15, 0.2) is 0 Å². The van der Waals surface area contributed by atoms with Crippen LogP contribution in [0.3, 0.4) is 0 Å². The number of benzene rings is 4. The van der Waals surface area contributed by atoms with E-state index in [1.165, 1.54) is 4.31 Å². The number of rotatable bonds is 7. The number of sulfonamides is 1. The Morgan fingerprint density at radius 2 is 1.40 bits per heavy atom. The molecule has 4 aromatic rings. The van der Waals surface area contributed by atoms with Gasteiger partial charge in [-0.25, -0.2) is 8.42 Å². The standard InChI is InChI=1S/C29H28N2O3S/c1-21-14-17-25(18-15-21)35(33,34)31(20-24-9-5-4-6-10-24)28-12-8-7-11-26(28)29(32)30-27-19-22(2)13-16-23(27)3/h4-19H,20H2,1-3H3,(H,30,32). The van der Waals surface area contributed by atoms with Crippen LogP contribution >= 0.6 is 0 Å². The SMILES string of the molecule is Cc1ccc(S(=O)(=O)N(Cc2ccccc2)c2ccccc2C(=O)Nc2cc(C)ccc2C)cc1. The summed E-state index contributed by atoms with van der Waals surface area (Å²) >= 11 is 0. The lowest BCUT2D eigenvalue weighted by Gasteiger charge is -2.27. The highest BCUT2D eigenvalue weighted by Gasteiger charge is 2.28. The van der Waals surface area contributed by atoms with E-state index >= 15 is 0 Å². The van der Waals surface area contributed by atoms with Gasteiger partial charge in [-0.15, -0.1) is 0 Å². The van der Waals surface area contributed by atoms with Crippen molar-refractivity contribution in [2.24, 2.45) is 0 Å². The second-order valence-electron chi connectivity index (χ2n) is 8.60. The lowest BCUT2D eigenvalue weighted by atomic mass is 10.1. The summed E-state index contributed by atoms with van der Waals surface area (Å²) in [7, 11) is -3.96. The number of para-hydroxylation sites is 1. The average molecular weight is 485 g/mol. The Hall–Kier alpha value is -3.90. The molecule has 0 aliphatic heterocycles. The summed E-state index contributed by atoms with van der Waals surface area (Å²) in [6, 6.07) is 28.7. The molecule has 0 spiro atoms. The summed E-state index contributed by atoms with van der Waals surface area (Å²) < 4.78 is 29.1. The quantitative estimate of drug-likeness (QED) is 0.337. The minimum atomic E-state index is -3.96. The first kappa shape index (κ1) is 24.2. The van der Waals surface area contributed by atoms with Crippen molar-refractivity contribution < 1.29 is 13.2 Å². The highest BCUT2D eigenvalue weighted by Crippen LogP contribution is 2.30. The zero-order valence-electron chi connectivity index (χ0n) is 20.0. The molecule has 1 N–H and O–H groups in total. The van der Waals surface area contributed by atoms with Gasteiger partial charge in [0.05, 0.1) is 22.7 Å². The van der Waals surface area contributed by atoms with E-state index < -0.39 is 10.0 Å². The number of amides is 1. The van der Waals surface area contributed by atoms with E-state index in [0.29, 0.717) is 11.4 Å². The molecule has 6 heteroatoms. The van der Waals surface area contributed by atoms with Crippen LogP contribution < -0.4 is 9.62 Å². The van der Waals surface area contributed by atoms with E-state index in [-0.39, 0.29) is 22.9 Å². The number of anilines is 2. The fourth-order valence-electron chi connectivity index (χ4n) is 3.83. The highest BCUT2D eigenvalue weighted by atomic mass is 32.2. The van der Waals surface area contributed by atoms with Gasteiger partial charge in [0, 0.05) is 5.69 Å². The van der Waals surface area contributed by atoms with Gasteiger partial charge in [0.25, 0.3) is 15.9 Å². The molecule has 0 radical (unpaired) electrons. The zero-order valence-corrected chi connectivity index (χ0v) is 20.8. The largest absolute Gasteiger partial charge is 0.322 e. The number of hydrogen-bond donors (Lipinski definition) is 1. The first-order valence-corrected chi connectivity index (χ1v) is 12.8. The van der Waals surface area contributed by atoms with Crippen LogP contribution in [-0.2, 0) is 16.6 Å². The van der Waals surface area contributed by atoms with Crippen molar-refractivity contribution in [3.05, 3.63) is 125 Å². The summed E-state index contributed by atoms with van der Waals surface area (Å²) in [5, 5.41) is 2.96. The number of nitrogens with one attached hydrogen (secondary N) is 1. The van der Waals surface area contributed by atoms with Crippen molar-refractivity contribution in [3.63, 3.8) is 0 Å². The van der Waals surface area contributed by atoms with Crippen molar-refractivity contribution in [2.45, 2.75) is 32.2 Å². The van der Waals surface area contributed by atoms with Crippen LogP contribution in [0.2, 0.25) is 0 Å². The monoisotopic (exact) mass is 484 g/mol. The molecule has 0 aliphatic carbocycles. The van der Waals surface area contributed by atoms with E-state index in [1.54, 1.807) is 48.5 Å². The van der Waals surface area contributed by atoms with E-state index in [0.717, 1.165) is 22.3 Å². The predicted octanol–water partition coefficient (Wildman–Crippen LogP) is 6.26. The molecule has 4 aromatic carbocycles. The molecule has 35 heavy (non-hydrogen) atoms. The lowest BCUT2D eigenvalue weighted by Crippen LogP contribution is -2.32. The molecule has 0 saturated carbocycles. The van der Waals surface area contributed by atoms with Crippen LogP contribution in [0.4, 0.5) is 11.4 Å². The molecule has 5 nitrogen and oxygen atoms in total. The topological polar surface area (TPSA) is 66.5 Å². The molecule has 0 unspecified atom stereocenters. The summed E-state index contributed by atoms with van der Waals surface area (Å²) in [5.41, 5.74) is 5.02. The van der Waals surface area contributed by atoms with E-state index in [2.05, 4.69) is 5.32 Å². The van der Waals surface area contributed by atoms with Crippen LogP contribution in [0, 0.1) is 20.8 Å². The Balaban J connectivity index is 1.80. The molecule has 0 fully saturated rings. The van der Waals surface area contributed by atoms with E-state index in [4.69, 9.17) is 0 Å². The van der Waals surface area contributed by atoms with Crippen LogP contribution in [0.5, 0.6) is 0 Å². The molecule has 0 bridgehead atoms. The van der Waals surface area contributed by atoms with Gasteiger partial charge >= 0.3 is 0 Å². The minimum Gasteiger partial charge on any atom is -0.322 e. The molecule has 4 rings (SSSR count). The van der Waals surface area contributed by atoms with Gasteiger partial charge < -0.3 is 5.32 Å². The van der Waals surface area contributed by atoms with Crippen molar-refractivity contribution >= 4 is 27.3 Å². The maximum absolute atomic E-state index is 13.9. The maximum atomic E-state index is 13.9. The molecule has 0 atom stereocenters. The van der Waals surface area contributed by atoms with Crippen LogP contribution in [0.1, 0.15) is 32.6 Å². The molecule has 0 aromatic heterocycles. The highest BCUT2D eigenvalue weighted by molar-refractivity contribution is 7.92. The fraction of sp³-hybridized carbons (Fsp3) is 0.138. The second-order valence-corrected chi connectivity index (χ2v) is 10.5. The Kier molecular flexibility index (Phi) is 7.03. The number of carbonyl (C=O) groups is 1. The summed E-state index contributed by atoms with van der Waals surface area (Å²) in [5.74, 6) is -0.369. The van der Waals surface area contributed by atoms with Crippen molar-refractivity contribution in [1.29, 1.82) is 0 Å². The van der Waals surface area contributed by atoms with Gasteiger partial charge in [-0.1, -0.05) is 72.3 Å². The average Bonchev–Trinajstić information content (AvgIpc) is 2.85. The normalized spacial score (nSPS) is 11.2. The molecule has 1 amide bonds. The van der Waals surface area contributed by atoms with E-state index in [9.17, 15) is 13.2 Å². The predicted molar refractivity (Wildman–Crippen MR) is 141 cm³/mol. The smallest absolute Gasteiger partial charge is 0.264 e. The van der Waals surface area contributed by atoms with Crippen molar-refractivity contribution in [3.8, 4) is 0 Å². The number of aryl methyl sites for hydroxylation is 3. The molecule has 178 valence electrons. The Morgan fingerprint density at radius 1 is 0.771 bits per heavy atom. The number of nitrogens with zero attached hydrogens (tertiary/aromatic N) is 1. The lowest BCUT2D eigenvalue weighted by molar-refractivity contribution is 0.102. The van der Waals surface area contributed by atoms with Gasteiger partial charge in [-0.3, -0.25) is 9.10 Å². The Morgan fingerprint density at radius 3 is 2.11 bits per heavy atom. The Labute approximate surface area is 207 Å². The molecule has 0 heterocycles. The van der Waals surface area contributed by atoms with Crippen molar-refractivity contribution in [2.75, 3.05) is 9.62 Å². The van der Waals surface area contributed by atoms with Gasteiger partial charge in [-0.2, -0.15) is 0 Å². The third-order valence-electron chi connectivity index (χ3n) is 5.84. The molecule has 0 saturated heterocycles. The molecular weight excluding hydrogens is 456 g/mol. The van der Waals surface area contributed by atoms with Gasteiger partial charge in [0.2, 0.25) is 0 Å². The van der Waals surface area contributed by atoms with E-state index in [1.807, 2.05) is 69.3 Å². The summed E-state index contributed by atoms with van der Waals surface area (Å²) in [6.07, 6.45) is 0. The van der Waals surface area contributed by atoms with Crippen molar-refractivity contribution in [1.82, 2.24) is 0 Å². The maximum Gasteiger partial charge on any atom is 0.264 e. The summed E-state index contributed by atoms with van der Waals surface area (Å²) in [4.78, 5) is 13.6. The van der Waals surface area contributed by atoms with Crippen LogP contribution in [-0.4, -0.2) is 14.3 Å². The Bertz CT molecular complexity index is 1450. The minimum absolute atomic E-state index is 0.0881. The molecular formula is C29H28N2O3S. The third-order valence-corrected chi connectivity index (χ3v) is 7.61. The third kappa shape index (κ3) is 5.44.